The summed E-state index contributed by atoms with van der Waals surface area (Å²) in [6.45, 7) is 7.68. The first-order valence-electron chi connectivity index (χ1n) is 8.39. The van der Waals surface area contributed by atoms with Crippen molar-refractivity contribution in [3.63, 3.8) is 0 Å². The van der Waals surface area contributed by atoms with Gasteiger partial charge in [-0.25, -0.2) is 0 Å². The highest BCUT2D eigenvalue weighted by Crippen LogP contribution is 2.11. The minimum atomic E-state index is 0.0123. The number of hydrogen-bond donors (Lipinski definition) is 0. The molecule has 0 fully saturated rings. The van der Waals surface area contributed by atoms with Gasteiger partial charge in [-0.05, 0) is 46.0 Å². The standard InChI is InChI=1S/C18H34O2/c1-4-7-8-9-10-11-12-13-14-15-16-17-18(19-5-2)20-6-3/h7-10,18H,4-6,11-17H2,1-3H3. The van der Waals surface area contributed by atoms with Gasteiger partial charge in [-0.1, -0.05) is 50.5 Å². The van der Waals surface area contributed by atoms with Crippen molar-refractivity contribution in [2.45, 2.75) is 78.4 Å². The summed E-state index contributed by atoms with van der Waals surface area (Å²) in [5.74, 6) is 0. The molecule has 0 aliphatic rings. The van der Waals surface area contributed by atoms with Gasteiger partial charge >= 0.3 is 0 Å². The van der Waals surface area contributed by atoms with Crippen molar-refractivity contribution in [3.05, 3.63) is 24.3 Å². The second-order valence-electron chi connectivity index (χ2n) is 4.95. The molecule has 0 spiro atoms. The zero-order valence-corrected chi connectivity index (χ0v) is 13.8. The fourth-order valence-corrected chi connectivity index (χ4v) is 2.08. The number of hydrogen-bond acceptors (Lipinski definition) is 2. The smallest absolute Gasteiger partial charge is 0.157 e. The topological polar surface area (TPSA) is 18.5 Å². The van der Waals surface area contributed by atoms with Gasteiger partial charge in [0.2, 0.25) is 0 Å². The van der Waals surface area contributed by atoms with E-state index in [-0.39, 0.29) is 6.29 Å². The summed E-state index contributed by atoms with van der Waals surface area (Å²) in [6, 6.07) is 0. The van der Waals surface area contributed by atoms with Crippen LogP contribution in [0.4, 0.5) is 0 Å². The highest BCUT2D eigenvalue weighted by Gasteiger charge is 2.06. The maximum atomic E-state index is 5.54. The molecule has 118 valence electrons. The SMILES string of the molecule is CCC=CC=CCCCCCCCC(OCC)OCC. The molecule has 0 saturated heterocycles. The van der Waals surface area contributed by atoms with Crippen LogP contribution >= 0.6 is 0 Å². The molecule has 0 unspecified atom stereocenters. The van der Waals surface area contributed by atoms with Crippen molar-refractivity contribution < 1.29 is 9.47 Å². The monoisotopic (exact) mass is 282 g/mol. The molecule has 0 aromatic rings. The van der Waals surface area contributed by atoms with E-state index in [1.165, 1.54) is 38.5 Å². The van der Waals surface area contributed by atoms with E-state index in [1.807, 2.05) is 13.8 Å². The summed E-state index contributed by atoms with van der Waals surface area (Å²) in [6.07, 6.45) is 18.6. The van der Waals surface area contributed by atoms with E-state index >= 15 is 0 Å². The van der Waals surface area contributed by atoms with Gasteiger partial charge in [0, 0.05) is 13.2 Å². The Balaban J connectivity index is 3.34. The van der Waals surface area contributed by atoms with Crippen LogP contribution in [-0.2, 0) is 9.47 Å². The first-order valence-corrected chi connectivity index (χ1v) is 8.39. The molecule has 0 N–H and O–H groups in total. The quantitative estimate of drug-likeness (QED) is 0.233. The lowest BCUT2D eigenvalue weighted by Gasteiger charge is -2.16. The molecule has 0 heterocycles. The second kappa shape index (κ2) is 16.5. The molecule has 2 heteroatoms. The van der Waals surface area contributed by atoms with E-state index < -0.39 is 0 Å². The summed E-state index contributed by atoms with van der Waals surface area (Å²) >= 11 is 0. The Morgan fingerprint density at radius 2 is 1.35 bits per heavy atom. The lowest BCUT2D eigenvalue weighted by atomic mass is 10.1. The number of rotatable bonds is 14. The van der Waals surface area contributed by atoms with Gasteiger partial charge in [0.25, 0.3) is 0 Å². The van der Waals surface area contributed by atoms with Crippen molar-refractivity contribution in [3.8, 4) is 0 Å². The molecule has 2 nitrogen and oxygen atoms in total. The number of ether oxygens (including phenoxy) is 2. The molecular formula is C18H34O2. The van der Waals surface area contributed by atoms with Crippen LogP contribution in [0.1, 0.15) is 72.1 Å². The van der Waals surface area contributed by atoms with Crippen LogP contribution in [0.2, 0.25) is 0 Å². The Hall–Kier alpha value is -0.600. The molecule has 0 aliphatic heterocycles. The maximum absolute atomic E-state index is 5.54. The maximum Gasteiger partial charge on any atom is 0.157 e. The van der Waals surface area contributed by atoms with Crippen LogP contribution in [0, 0.1) is 0 Å². The third kappa shape index (κ3) is 13.8. The van der Waals surface area contributed by atoms with Crippen molar-refractivity contribution in [1.82, 2.24) is 0 Å². The Kier molecular flexibility index (Phi) is 16.0. The Morgan fingerprint density at radius 3 is 2.00 bits per heavy atom. The van der Waals surface area contributed by atoms with Crippen LogP contribution < -0.4 is 0 Å². The molecule has 0 amide bonds. The average Bonchev–Trinajstić information content (AvgIpc) is 2.45. The Morgan fingerprint density at radius 1 is 0.750 bits per heavy atom. The minimum Gasteiger partial charge on any atom is -0.353 e. The molecule has 0 radical (unpaired) electrons. The van der Waals surface area contributed by atoms with Crippen molar-refractivity contribution in [2.24, 2.45) is 0 Å². The molecule has 20 heavy (non-hydrogen) atoms. The van der Waals surface area contributed by atoms with E-state index in [4.69, 9.17) is 9.47 Å². The van der Waals surface area contributed by atoms with Gasteiger partial charge in [0.05, 0.1) is 0 Å². The molecule has 0 aliphatic carbocycles. The first-order chi connectivity index (χ1) is 9.85. The largest absolute Gasteiger partial charge is 0.353 e. The number of allylic oxidation sites excluding steroid dienone is 4. The third-order valence-electron chi connectivity index (χ3n) is 3.13. The summed E-state index contributed by atoms with van der Waals surface area (Å²) in [5, 5.41) is 0. The van der Waals surface area contributed by atoms with Crippen LogP contribution in [0.25, 0.3) is 0 Å². The molecule has 0 aromatic heterocycles. The van der Waals surface area contributed by atoms with Gasteiger partial charge < -0.3 is 9.47 Å². The summed E-state index contributed by atoms with van der Waals surface area (Å²) in [4.78, 5) is 0. The van der Waals surface area contributed by atoms with Gasteiger partial charge in [-0.15, -0.1) is 0 Å². The lowest BCUT2D eigenvalue weighted by Crippen LogP contribution is -2.17. The van der Waals surface area contributed by atoms with E-state index in [1.54, 1.807) is 0 Å². The summed E-state index contributed by atoms with van der Waals surface area (Å²) in [7, 11) is 0. The fourth-order valence-electron chi connectivity index (χ4n) is 2.08. The highest BCUT2D eigenvalue weighted by atomic mass is 16.7. The second-order valence-corrected chi connectivity index (χ2v) is 4.95. The van der Waals surface area contributed by atoms with Gasteiger partial charge in [0.1, 0.15) is 0 Å². The normalized spacial score (nSPS) is 12.2. The van der Waals surface area contributed by atoms with Gasteiger partial charge in [-0.2, -0.15) is 0 Å². The number of unbranched alkanes of at least 4 members (excludes halogenated alkanes) is 5. The molecule has 0 rings (SSSR count). The van der Waals surface area contributed by atoms with E-state index in [9.17, 15) is 0 Å². The van der Waals surface area contributed by atoms with Crippen molar-refractivity contribution in [1.29, 1.82) is 0 Å². The average molecular weight is 282 g/mol. The summed E-state index contributed by atoms with van der Waals surface area (Å²) in [5.41, 5.74) is 0. The highest BCUT2D eigenvalue weighted by molar-refractivity contribution is 5.01. The summed E-state index contributed by atoms with van der Waals surface area (Å²) < 4.78 is 11.1. The Bertz CT molecular complexity index is 228. The van der Waals surface area contributed by atoms with Crippen LogP contribution in [0.3, 0.4) is 0 Å². The van der Waals surface area contributed by atoms with E-state index in [0.29, 0.717) is 0 Å². The molecule has 0 aromatic carbocycles. The van der Waals surface area contributed by atoms with E-state index in [2.05, 4.69) is 31.2 Å². The third-order valence-corrected chi connectivity index (χ3v) is 3.13. The fraction of sp³-hybridized carbons (Fsp3) is 0.778. The van der Waals surface area contributed by atoms with Crippen molar-refractivity contribution >= 4 is 0 Å². The minimum absolute atomic E-state index is 0.0123. The predicted octanol–water partition coefficient (Wildman–Crippen LogP) is 5.64. The molecular weight excluding hydrogens is 248 g/mol. The van der Waals surface area contributed by atoms with Crippen LogP contribution in [-0.4, -0.2) is 19.5 Å². The molecule has 0 saturated carbocycles. The lowest BCUT2D eigenvalue weighted by molar-refractivity contribution is -0.140. The zero-order chi connectivity index (χ0) is 14.9. The van der Waals surface area contributed by atoms with Gasteiger partial charge in [-0.3, -0.25) is 0 Å². The molecule has 0 atom stereocenters. The van der Waals surface area contributed by atoms with Crippen LogP contribution in [0.15, 0.2) is 24.3 Å². The van der Waals surface area contributed by atoms with E-state index in [0.717, 1.165) is 26.1 Å². The van der Waals surface area contributed by atoms with Gasteiger partial charge in [0.15, 0.2) is 6.29 Å². The predicted molar refractivity (Wildman–Crippen MR) is 87.9 cm³/mol. The first kappa shape index (κ1) is 19.4. The van der Waals surface area contributed by atoms with Crippen LogP contribution in [0.5, 0.6) is 0 Å². The Labute approximate surface area is 126 Å². The van der Waals surface area contributed by atoms with Crippen molar-refractivity contribution in [2.75, 3.05) is 13.2 Å². The molecule has 0 bridgehead atoms. The zero-order valence-electron chi connectivity index (χ0n) is 13.8.